The van der Waals surface area contributed by atoms with Crippen molar-refractivity contribution in [3.63, 3.8) is 0 Å². The molecule has 0 radical (unpaired) electrons. The molecule has 1 atom stereocenters. The zero-order valence-corrected chi connectivity index (χ0v) is 13.3. The Kier molecular flexibility index (Phi) is 4.43. The van der Waals surface area contributed by atoms with Gasteiger partial charge in [-0.15, -0.1) is 0 Å². The molecule has 4 nitrogen and oxygen atoms in total. The molecule has 0 saturated carbocycles. The van der Waals surface area contributed by atoms with Crippen LogP contribution in [-0.4, -0.2) is 40.6 Å². The van der Waals surface area contributed by atoms with Gasteiger partial charge in [0.15, 0.2) is 0 Å². The Morgan fingerprint density at radius 1 is 1.41 bits per heavy atom. The van der Waals surface area contributed by atoms with Gasteiger partial charge in [-0.1, -0.05) is 0 Å². The fourth-order valence-electron chi connectivity index (χ4n) is 1.76. The van der Waals surface area contributed by atoms with Crippen LogP contribution in [-0.2, 0) is 11.2 Å². The number of phenolic OH excluding ortho intramolecular Hbond substituents is 1. The van der Waals surface area contributed by atoms with Crippen molar-refractivity contribution in [1.29, 1.82) is 0 Å². The second kappa shape index (κ2) is 5.27. The van der Waals surface area contributed by atoms with E-state index < -0.39 is 30.4 Å². The van der Waals surface area contributed by atoms with Crippen molar-refractivity contribution in [2.45, 2.75) is 27.3 Å². The van der Waals surface area contributed by atoms with E-state index in [0.717, 1.165) is 9.14 Å². The third-order valence-electron chi connectivity index (χ3n) is 2.66. The minimum absolute atomic E-state index is 0.235. The molecule has 0 fully saturated rings. The number of hydrogen-bond donors (Lipinski definition) is 3. The molecule has 0 spiro atoms. The van der Waals surface area contributed by atoms with Crippen LogP contribution in [0.5, 0.6) is 5.75 Å². The minimum atomic E-state index is -2.37. The summed E-state index contributed by atoms with van der Waals surface area (Å²) in [5.41, 5.74) is 6.52. The number of phenols is 1. The van der Waals surface area contributed by atoms with Crippen molar-refractivity contribution in [2.24, 2.45) is 5.73 Å². The third-order valence-corrected chi connectivity index (χ3v) is 8.60. The van der Waals surface area contributed by atoms with E-state index in [1.54, 1.807) is 18.2 Å². The molecule has 1 rings (SSSR count). The summed E-state index contributed by atoms with van der Waals surface area (Å²) in [6, 6.07) is 4.26. The van der Waals surface area contributed by atoms with Crippen molar-refractivity contribution >= 4 is 27.9 Å². The molecular formula is C12H19NO3Sn. The van der Waals surface area contributed by atoms with Crippen LogP contribution >= 0.6 is 0 Å². The van der Waals surface area contributed by atoms with Crippen LogP contribution in [0, 0.1) is 0 Å². The van der Waals surface area contributed by atoms with Crippen molar-refractivity contribution < 1.29 is 15.0 Å². The van der Waals surface area contributed by atoms with Gasteiger partial charge in [-0.25, -0.2) is 0 Å². The van der Waals surface area contributed by atoms with Crippen molar-refractivity contribution in [3.8, 4) is 5.75 Å². The number of carboxylic acids is 1. The van der Waals surface area contributed by atoms with Crippen molar-refractivity contribution in [2.75, 3.05) is 0 Å². The summed E-state index contributed by atoms with van der Waals surface area (Å²) in [5, 5.41) is 18.4. The van der Waals surface area contributed by atoms with E-state index in [4.69, 9.17) is 10.8 Å². The van der Waals surface area contributed by atoms with Gasteiger partial charge in [-0.3, -0.25) is 0 Å². The number of rotatable bonds is 4. The van der Waals surface area contributed by atoms with E-state index in [1.165, 1.54) is 0 Å². The van der Waals surface area contributed by atoms with Gasteiger partial charge in [-0.05, 0) is 0 Å². The van der Waals surface area contributed by atoms with Crippen LogP contribution in [0.1, 0.15) is 5.56 Å². The Balaban J connectivity index is 3.11. The average Bonchev–Trinajstić information content (AvgIpc) is 2.18. The molecule has 94 valence electrons. The second-order valence-electron chi connectivity index (χ2n) is 5.24. The predicted molar refractivity (Wildman–Crippen MR) is 70.4 cm³/mol. The Morgan fingerprint density at radius 2 is 2.00 bits per heavy atom. The average molecular weight is 344 g/mol. The SMILES string of the molecule is [CH3][Sn]([CH3])([CH3])[c]1cc(O)ccc1C[C@H](N)C(=O)O. The summed E-state index contributed by atoms with van der Waals surface area (Å²) < 4.78 is 1.14. The molecular weight excluding hydrogens is 325 g/mol. The molecule has 17 heavy (non-hydrogen) atoms. The monoisotopic (exact) mass is 345 g/mol. The first-order valence-electron chi connectivity index (χ1n) is 5.52. The molecule has 0 aliphatic heterocycles. The molecule has 5 heteroatoms. The molecule has 0 aliphatic carbocycles. The predicted octanol–water partition coefficient (Wildman–Crippen LogP) is 0.892. The number of aliphatic carboxylic acids is 1. The standard InChI is InChI=1S/C9H10NO3.3CH3.Sn/c10-8(9(12)13)5-6-1-3-7(11)4-2-6;;;;/h1,3-4,8,11H,5,10H2,(H,12,13);3*1H3;/t8-;;;;/m0..../s1. The summed E-state index contributed by atoms with van der Waals surface area (Å²) in [6.07, 6.45) is 0.319. The van der Waals surface area contributed by atoms with E-state index in [0.29, 0.717) is 6.42 Å². The van der Waals surface area contributed by atoms with Crippen LogP contribution < -0.4 is 9.31 Å². The molecule has 0 heterocycles. The fraction of sp³-hybridized carbons (Fsp3) is 0.417. The Bertz CT molecular complexity index is 426. The number of benzene rings is 1. The van der Waals surface area contributed by atoms with Gasteiger partial charge in [-0.2, -0.15) is 0 Å². The molecule has 1 aromatic rings. The number of carbonyl (C=O) groups is 1. The van der Waals surface area contributed by atoms with E-state index in [-0.39, 0.29) is 5.75 Å². The topological polar surface area (TPSA) is 83.5 Å². The van der Waals surface area contributed by atoms with Gasteiger partial charge >= 0.3 is 105 Å². The molecule has 0 aliphatic rings. The number of carboxylic acid groups (broad SMARTS) is 1. The van der Waals surface area contributed by atoms with Gasteiger partial charge in [0.25, 0.3) is 0 Å². The number of aromatic hydroxyl groups is 1. The second-order valence-corrected chi connectivity index (χ2v) is 19.6. The van der Waals surface area contributed by atoms with Gasteiger partial charge in [0.05, 0.1) is 0 Å². The molecule has 0 amide bonds. The molecule has 4 N–H and O–H groups in total. The quantitative estimate of drug-likeness (QED) is 0.709. The summed E-state index contributed by atoms with van der Waals surface area (Å²) >= 11 is -2.37. The zero-order chi connectivity index (χ0) is 13.2. The number of hydrogen-bond acceptors (Lipinski definition) is 3. The van der Waals surface area contributed by atoms with Crippen LogP contribution in [0.15, 0.2) is 18.2 Å². The van der Waals surface area contributed by atoms with Crippen LogP contribution in [0.25, 0.3) is 0 Å². The first-order valence-corrected chi connectivity index (χ1v) is 15.5. The van der Waals surface area contributed by atoms with E-state index in [9.17, 15) is 9.90 Å². The molecule has 0 bridgehead atoms. The van der Waals surface area contributed by atoms with Gasteiger partial charge in [0, 0.05) is 0 Å². The summed E-state index contributed by atoms with van der Waals surface area (Å²) in [6.45, 7) is 0. The zero-order valence-electron chi connectivity index (χ0n) is 10.4. The third kappa shape index (κ3) is 3.88. The fourth-order valence-corrected chi connectivity index (χ4v) is 6.70. The van der Waals surface area contributed by atoms with Crippen LogP contribution in [0.2, 0.25) is 14.8 Å². The summed E-state index contributed by atoms with van der Waals surface area (Å²) in [5.74, 6) is -0.757. The normalized spacial score (nSPS) is 13.4. The van der Waals surface area contributed by atoms with Gasteiger partial charge in [0.1, 0.15) is 0 Å². The first kappa shape index (κ1) is 14.3. The van der Waals surface area contributed by atoms with E-state index in [2.05, 4.69) is 14.8 Å². The van der Waals surface area contributed by atoms with E-state index >= 15 is 0 Å². The molecule has 0 saturated heterocycles. The van der Waals surface area contributed by atoms with Crippen LogP contribution in [0.3, 0.4) is 0 Å². The van der Waals surface area contributed by atoms with Crippen molar-refractivity contribution in [1.82, 2.24) is 0 Å². The Hall–Kier alpha value is -0.751. The number of nitrogens with two attached hydrogens (primary N) is 1. The molecule has 0 aromatic heterocycles. The maximum absolute atomic E-state index is 10.8. The van der Waals surface area contributed by atoms with Gasteiger partial charge < -0.3 is 0 Å². The Morgan fingerprint density at radius 3 is 2.47 bits per heavy atom. The first-order chi connectivity index (χ1) is 7.71. The van der Waals surface area contributed by atoms with Crippen molar-refractivity contribution in [3.05, 3.63) is 23.8 Å². The van der Waals surface area contributed by atoms with Gasteiger partial charge in [0.2, 0.25) is 0 Å². The van der Waals surface area contributed by atoms with Crippen LogP contribution in [0.4, 0.5) is 0 Å². The molecule has 1 aromatic carbocycles. The summed E-state index contributed by atoms with van der Waals surface area (Å²) in [4.78, 5) is 17.4. The van der Waals surface area contributed by atoms with E-state index in [1.807, 2.05) is 0 Å². The summed E-state index contributed by atoms with van der Waals surface area (Å²) in [7, 11) is 0. The maximum atomic E-state index is 10.8. The molecule has 0 unspecified atom stereocenters. The Labute approximate surface area is 105 Å².